The summed E-state index contributed by atoms with van der Waals surface area (Å²) >= 11 is 0. The van der Waals surface area contributed by atoms with Crippen LogP contribution in [0.25, 0.3) is 22.0 Å². The van der Waals surface area contributed by atoms with Crippen LogP contribution in [0.4, 0.5) is 29.3 Å². The lowest BCUT2D eigenvalue weighted by Crippen LogP contribution is -2.19. The molecule has 168 valence electrons. The third-order valence-electron chi connectivity index (χ3n) is 4.93. The largest absolute Gasteiger partial charge is 0.416 e. The molecule has 0 aliphatic rings. The molecule has 0 spiro atoms. The molecule has 0 atom stereocenters. The molecular weight excluding hydrogens is 435 g/mol. The highest BCUT2D eigenvalue weighted by Crippen LogP contribution is 2.31. The molecule has 33 heavy (non-hydrogen) atoms. The third-order valence-corrected chi connectivity index (χ3v) is 4.93. The van der Waals surface area contributed by atoms with Crippen molar-refractivity contribution in [3.63, 3.8) is 0 Å². The van der Waals surface area contributed by atoms with Gasteiger partial charge in [0.1, 0.15) is 0 Å². The van der Waals surface area contributed by atoms with Crippen molar-refractivity contribution in [1.29, 1.82) is 0 Å². The fourth-order valence-electron chi connectivity index (χ4n) is 3.30. The molecule has 1 heterocycles. The SMILES string of the molecule is CNC(=O)c1n[nH]c2cc(-c3ccc(NC(=O)Nc4cccc(C(F)(F)F)c4)cc3)ccc12. The lowest BCUT2D eigenvalue weighted by atomic mass is 10.0. The first-order valence-corrected chi connectivity index (χ1v) is 9.80. The standard InChI is InChI=1S/C23H18F3N5O2/c1-27-21(32)20-18-10-7-14(11-19(18)30-31-20)13-5-8-16(9-6-13)28-22(33)29-17-4-2-3-15(12-17)23(24,25)26/h2-12H,1H3,(H,27,32)(H,30,31)(H2,28,29,33). The molecule has 0 saturated heterocycles. The van der Waals surface area contributed by atoms with Gasteiger partial charge < -0.3 is 16.0 Å². The molecule has 0 radical (unpaired) electrons. The molecule has 0 saturated carbocycles. The first kappa shape index (κ1) is 21.9. The van der Waals surface area contributed by atoms with Crippen LogP contribution in [0.2, 0.25) is 0 Å². The molecule has 0 aliphatic heterocycles. The van der Waals surface area contributed by atoms with E-state index in [0.717, 1.165) is 23.3 Å². The van der Waals surface area contributed by atoms with Crippen molar-refractivity contribution in [2.75, 3.05) is 17.7 Å². The summed E-state index contributed by atoms with van der Waals surface area (Å²) in [5, 5.41) is 15.1. The molecule has 0 bridgehead atoms. The van der Waals surface area contributed by atoms with Gasteiger partial charge in [0.05, 0.1) is 11.1 Å². The Balaban J connectivity index is 1.45. The number of H-pyrrole nitrogens is 1. The third kappa shape index (κ3) is 4.79. The Kier molecular flexibility index (Phi) is 5.74. The van der Waals surface area contributed by atoms with Gasteiger partial charge in [-0.3, -0.25) is 9.89 Å². The lowest BCUT2D eigenvalue weighted by Gasteiger charge is -2.11. The van der Waals surface area contributed by atoms with Crippen LogP contribution in [0.5, 0.6) is 0 Å². The number of amides is 3. The van der Waals surface area contributed by atoms with Gasteiger partial charge in [-0.1, -0.05) is 24.3 Å². The van der Waals surface area contributed by atoms with Crippen LogP contribution >= 0.6 is 0 Å². The van der Waals surface area contributed by atoms with E-state index in [0.29, 0.717) is 22.3 Å². The number of aromatic amines is 1. The summed E-state index contributed by atoms with van der Waals surface area (Å²) in [6, 6.07) is 16.2. The van der Waals surface area contributed by atoms with Gasteiger partial charge in [0, 0.05) is 23.8 Å². The van der Waals surface area contributed by atoms with Gasteiger partial charge in [-0.15, -0.1) is 0 Å². The predicted octanol–water partition coefficient (Wildman–Crippen LogP) is 5.25. The minimum Gasteiger partial charge on any atom is -0.354 e. The Labute approximate surface area is 186 Å². The fourth-order valence-corrected chi connectivity index (χ4v) is 3.30. The Morgan fingerprint density at radius 3 is 2.27 bits per heavy atom. The second-order valence-electron chi connectivity index (χ2n) is 7.15. The van der Waals surface area contributed by atoms with Gasteiger partial charge in [-0.2, -0.15) is 18.3 Å². The van der Waals surface area contributed by atoms with E-state index >= 15 is 0 Å². The Hall–Kier alpha value is -4.34. The normalized spacial score (nSPS) is 11.3. The maximum absolute atomic E-state index is 12.8. The van der Waals surface area contributed by atoms with Gasteiger partial charge >= 0.3 is 12.2 Å². The summed E-state index contributed by atoms with van der Waals surface area (Å²) in [4.78, 5) is 24.0. The number of carbonyl (C=O) groups excluding carboxylic acids is 2. The Bertz CT molecular complexity index is 1330. The zero-order valence-electron chi connectivity index (χ0n) is 17.2. The van der Waals surface area contributed by atoms with E-state index in [1.807, 2.05) is 12.1 Å². The molecule has 7 nitrogen and oxygen atoms in total. The number of nitrogens with zero attached hydrogens (tertiary/aromatic N) is 1. The fraction of sp³-hybridized carbons (Fsp3) is 0.0870. The van der Waals surface area contributed by atoms with Gasteiger partial charge in [-0.25, -0.2) is 4.79 Å². The van der Waals surface area contributed by atoms with Crippen molar-refractivity contribution < 1.29 is 22.8 Å². The van der Waals surface area contributed by atoms with E-state index in [1.54, 1.807) is 30.3 Å². The number of carbonyl (C=O) groups is 2. The van der Waals surface area contributed by atoms with E-state index in [4.69, 9.17) is 0 Å². The maximum atomic E-state index is 12.8. The average Bonchev–Trinajstić information content (AvgIpc) is 3.22. The number of hydrogen-bond acceptors (Lipinski definition) is 3. The van der Waals surface area contributed by atoms with Crippen LogP contribution < -0.4 is 16.0 Å². The van der Waals surface area contributed by atoms with Crippen LogP contribution in [0.3, 0.4) is 0 Å². The zero-order chi connectivity index (χ0) is 23.6. The second-order valence-corrected chi connectivity index (χ2v) is 7.15. The topological polar surface area (TPSA) is 98.9 Å². The first-order chi connectivity index (χ1) is 15.7. The number of fused-ring (bicyclic) bond motifs is 1. The van der Waals surface area contributed by atoms with Gasteiger partial charge in [0.2, 0.25) is 0 Å². The number of benzene rings is 3. The first-order valence-electron chi connectivity index (χ1n) is 9.80. The molecule has 0 aliphatic carbocycles. The molecule has 1 aromatic heterocycles. The van der Waals surface area contributed by atoms with Crippen molar-refractivity contribution in [3.05, 3.63) is 78.0 Å². The van der Waals surface area contributed by atoms with Crippen LogP contribution in [-0.4, -0.2) is 29.2 Å². The van der Waals surface area contributed by atoms with Crippen molar-refractivity contribution in [3.8, 4) is 11.1 Å². The molecule has 4 rings (SSSR count). The molecule has 4 N–H and O–H groups in total. The van der Waals surface area contributed by atoms with E-state index in [9.17, 15) is 22.8 Å². The van der Waals surface area contributed by atoms with E-state index in [1.165, 1.54) is 19.2 Å². The van der Waals surface area contributed by atoms with E-state index in [-0.39, 0.29) is 11.6 Å². The van der Waals surface area contributed by atoms with Crippen LogP contribution in [-0.2, 0) is 6.18 Å². The summed E-state index contributed by atoms with van der Waals surface area (Å²) in [5.74, 6) is -0.284. The lowest BCUT2D eigenvalue weighted by molar-refractivity contribution is -0.137. The minimum absolute atomic E-state index is 0.0305. The number of aromatic nitrogens is 2. The van der Waals surface area contributed by atoms with E-state index in [2.05, 4.69) is 26.1 Å². The number of hydrogen-bond donors (Lipinski definition) is 4. The van der Waals surface area contributed by atoms with Crippen LogP contribution in [0.1, 0.15) is 16.1 Å². The molecule has 3 amide bonds. The number of rotatable bonds is 4. The summed E-state index contributed by atoms with van der Waals surface area (Å²) in [6.45, 7) is 0. The number of alkyl halides is 3. The quantitative estimate of drug-likeness (QED) is 0.340. The van der Waals surface area contributed by atoms with Gasteiger partial charge in [0.25, 0.3) is 5.91 Å². The maximum Gasteiger partial charge on any atom is 0.416 e. The second kappa shape index (κ2) is 8.65. The molecule has 10 heteroatoms. The highest BCUT2D eigenvalue weighted by Gasteiger charge is 2.30. The molecule has 4 aromatic rings. The highest BCUT2D eigenvalue weighted by molar-refractivity contribution is 6.05. The minimum atomic E-state index is -4.49. The number of halogens is 3. The summed E-state index contributed by atoms with van der Waals surface area (Å²) in [5.41, 5.74) is 2.39. The number of urea groups is 1. The monoisotopic (exact) mass is 453 g/mol. The van der Waals surface area contributed by atoms with Crippen LogP contribution in [0.15, 0.2) is 66.7 Å². The van der Waals surface area contributed by atoms with Crippen molar-refractivity contribution in [1.82, 2.24) is 15.5 Å². The molecular formula is C23H18F3N5O2. The summed E-state index contributed by atoms with van der Waals surface area (Å²) in [6.07, 6.45) is -4.49. The highest BCUT2D eigenvalue weighted by atomic mass is 19.4. The average molecular weight is 453 g/mol. The molecule has 3 aromatic carbocycles. The smallest absolute Gasteiger partial charge is 0.354 e. The summed E-state index contributed by atoms with van der Waals surface area (Å²) < 4.78 is 38.5. The van der Waals surface area contributed by atoms with E-state index < -0.39 is 17.8 Å². The Morgan fingerprint density at radius 1 is 0.879 bits per heavy atom. The van der Waals surface area contributed by atoms with Gasteiger partial charge in [-0.05, 0) is 53.6 Å². The molecule has 0 fully saturated rings. The predicted molar refractivity (Wildman–Crippen MR) is 119 cm³/mol. The van der Waals surface area contributed by atoms with Gasteiger partial charge in [0.15, 0.2) is 5.69 Å². The molecule has 0 unspecified atom stereocenters. The Morgan fingerprint density at radius 2 is 1.58 bits per heavy atom. The number of anilines is 2. The van der Waals surface area contributed by atoms with Crippen molar-refractivity contribution >= 4 is 34.2 Å². The van der Waals surface area contributed by atoms with Crippen LogP contribution in [0, 0.1) is 0 Å². The zero-order valence-corrected chi connectivity index (χ0v) is 17.2. The van der Waals surface area contributed by atoms with Crippen molar-refractivity contribution in [2.45, 2.75) is 6.18 Å². The number of nitrogens with one attached hydrogen (secondary N) is 4. The van der Waals surface area contributed by atoms with Crippen molar-refractivity contribution in [2.24, 2.45) is 0 Å². The summed E-state index contributed by atoms with van der Waals surface area (Å²) in [7, 11) is 1.53.